The van der Waals surface area contributed by atoms with Gasteiger partial charge in [-0.05, 0) is 56.9 Å². The number of hydrogen-bond donors (Lipinski definition) is 0. The van der Waals surface area contributed by atoms with Crippen LogP contribution in [0.5, 0.6) is 5.75 Å². The first kappa shape index (κ1) is 26.7. The minimum atomic E-state index is -0.0921. The zero-order chi connectivity index (χ0) is 24.5. The minimum absolute atomic E-state index is 0.00926. The van der Waals surface area contributed by atoms with Crippen LogP contribution in [-0.2, 0) is 15.4 Å². The number of hydrogen-bond acceptors (Lipinski definition) is 2. The Balaban J connectivity index is 2.27. The maximum absolute atomic E-state index is 6.30. The number of allylic oxidation sites excluding steroid dienone is 5. The van der Waals surface area contributed by atoms with Crippen molar-refractivity contribution in [3.63, 3.8) is 0 Å². The number of benzene rings is 1. The molecule has 178 valence electrons. The summed E-state index contributed by atoms with van der Waals surface area (Å²) < 4.78 is 12.5. The molecule has 0 saturated heterocycles. The molecule has 0 radical (unpaired) electrons. The van der Waals surface area contributed by atoms with Gasteiger partial charge < -0.3 is 9.05 Å². The minimum Gasteiger partial charge on any atom is -0.441 e. The third-order valence-electron chi connectivity index (χ3n) is 5.84. The highest BCUT2D eigenvalue weighted by molar-refractivity contribution is 7.26. The molecule has 0 N–H and O–H groups in total. The molecule has 0 heterocycles. The van der Waals surface area contributed by atoms with Gasteiger partial charge in [0.1, 0.15) is 11.5 Å². The van der Waals surface area contributed by atoms with Crippen LogP contribution >= 0.6 is 9.03 Å². The van der Waals surface area contributed by atoms with Gasteiger partial charge in [-0.1, -0.05) is 107 Å². The van der Waals surface area contributed by atoms with E-state index >= 15 is 0 Å². The summed E-state index contributed by atoms with van der Waals surface area (Å²) in [4.78, 5) is 0. The number of rotatable bonds is 4. The molecule has 1 aliphatic rings. The van der Waals surface area contributed by atoms with Gasteiger partial charge in [0.05, 0.1) is 0 Å². The summed E-state index contributed by atoms with van der Waals surface area (Å²) in [5.41, 5.74) is 5.31. The zero-order valence-electron chi connectivity index (χ0n) is 22.5. The van der Waals surface area contributed by atoms with Gasteiger partial charge in [-0.15, -0.1) is 0 Å². The lowest BCUT2D eigenvalue weighted by Crippen LogP contribution is -2.17. The summed E-state index contributed by atoms with van der Waals surface area (Å²) in [5, 5.41) is 0. The Labute approximate surface area is 199 Å². The fourth-order valence-corrected chi connectivity index (χ4v) is 4.27. The largest absolute Gasteiger partial charge is 0.441 e. The Hall–Kier alpha value is -1.53. The molecule has 1 unspecified atom stereocenters. The van der Waals surface area contributed by atoms with E-state index in [-0.39, 0.29) is 30.7 Å². The maximum Gasteiger partial charge on any atom is 0.275 e. The van der Waals surface area contributed by atoms with Crippen molar-refractivity contribution in [2.45, 2.75) is 100 Å². The molecule has 3 heteroatoms. The lowest BCUT2D eigenvalue weighted by molar-refractivity contribution is 0.391. The van der Waals surface area contributed by atoms with Crippen LogP contribution in [0, 0.1) is 10.8 Å². The highest BCUT2D eigenvalue weighted by atomic mass is 31.1. The Kier molecular flexibility index (Phi) is 7.83. The Morgan fingerprint density at radius 2 is 1.31 bits per heavy atom. The molecule has 32 heavy (non-hydrogen) atoms. The van der Waals surface area contributed by atoms with Crippen LogP contribution in [0.1, 0.15) is 101 Å². The molecule has 2 rings (SSSR count). The molecule has 1 aliphatic carbocycles. The lowest BCUT2D eigenvalue weighted by Gasteiger charge is -2.28. The van der Waals surface area contributed by atoms with Gasteiger partial charge in [0, 0.05) is 5.56 Å². The van der Waals surface area contributed by atoms with Gasteiger partial charge in [0.15, 0.2) is 0 Å². The van der Waals surface area contributed by atoms with Gasteiger partial charge in [0.25, 0.3) is 9.03 Å². The van der Waals surface area contributed by atoms with E-state index in [1.54, 1.807) is 0 Å². The third kappa shape index (κ3) is 6.98. The summed E-state index contributed by atoms with van der Waals surface area (Å²) in [7, 11) is -0.0921. The standard InChI is InChI=1S/C29H45O2P/c1-26(2,3)20-14-13-15-24(22(18-20)28(7,8)9)30-32-31-25-17-16-21(27(4,5)6)19-23(25)29(10,11)12/h14-19,32H,13H2,1-12H3. The molecule has 1 atom stereocenters. The topological polar surface area (TPSA) is 18.5 Å². The fourth-order valence-electron chi connectivity index (χ4n) is 3.68. The summed E-state index contributed by atoms with van der Waals surface area (Å²) in [6.07, 6.45) is 7.70. The van der Waals surface area contributed by atoms with Crippen LogP contribution in [0.15, 0.2) is 53.3 Å². The van der Waals surface area contributed by atoms with Crippen molar-refractivity contribution in [3.05, 3.63) is 64.5 Å². The molecule has 0 saturated carbocycles. The van der Waals surface area contributed by atoms with Crippen molar-refractivity contribution in [3.8, 4) is 5.75 Å². The van der Waals surface area contributed by atoms with Crippen molar-refractivity contribution in [1.29, 1.82) is 0 Å². The van der Waals surface area contributed by atoms with Gasteiger partial charge in [-0.2, -0.15) is 0 Å². The fraction of sp³-hybridized carbons (Fsp3) is 0.586. The van der Waals surface area contributed by atoms with Crippen molar-refractivity contribution in [2.75, 3.05) is 0 Å². The van der Waals surface area contributed by atoms with Crippen LogP contribution in [0.25, 0.3) is 0 Å². The van der Waals surface area contributed by atoms with E-state index in [4.69, 9.17) is 9.05 Å². The first-order chi connectivity index (χ1) is 14.4. The van der Waals surface area contributed by atoms with Crippen molar-refractivity contribution < 1.29 is 9.05 Å². The Bertz CT molecular complexity index is 904. The molecule has 1 aromatic carbocycles. The maximum atomic E-state index is 6.30. The average Bonchev–Trinajstić information content (AvgIpc) is 2.82. The smallest absolute Gasteiger partial charge is 0.275 e. The molecule has 2 nitrogen and oxygen atoms in total. The van der Waals surface area contributed by atoms with Crippen LogP contribution in [0.2, 0.25) is 0 Å². The second-order valence-electron chi connectivity index (χ2n) is 13.0. The Morgan fingerprint density at radius 1 is 0.688 bits per heavy atom. The van der Waals surface area contributed by atoms with E-state index < -0.39 is 0 Å². The first-order valence-electron chi connectivity index (χ1n) is 11.8. The van der Waals surface area contributed by atoms with Crippen LogP contribution in [-0.4, -0.2) is 0 Å². The molecule has 0 fully saturated rings. The van der Waals surface area contributed by atoms with Crippen LogP contribution < -0.4 is 4.52 Å². The predicted molar refractivity (Wildman–Crippen MR) is 142 cm³/mol. The molecule has 0 spiro atoms. The highest BCUT2D eigenvalue weighted by Crippen LogP contribution is 2.42. The second kappa shape index (κ2) is 9.38. The molecule has 0 aromatic heterocycles. The monoisotopic (exact) mass is 456 g/mol. The van der Waals surface area contributed by atoms with E-state index in [0.717, 1.165) is 17.9 Å². The quantitative estimate of drug-likeness (QED) is 0.420. The summed E-state index contributed by atoms with van der Waals surface area (Å²) >= 11 is 0. The van der Waals surface area contributed by atoms with E-state index in [2.05, 4.69) is 120 Å². The normalized spacial score (nSPS) is 16.4. The van der Waals surface area contributed by atoms with Gasteiger partial charge in [0.2, 0.25) is 0 Å². The molecule has 0 aliphatic heterocycles. The average molecular weight is 457 g/mol. The SMILES string of the molecule is CC(C)(C)C1=CCC=C(OPOc2ccc(C(C)(C)C)cc2C(C)(C)C)C(C(C)(C)C)=C1. The third-order valence-corrected chi connectivity index (χ3v) is 6.44. The van der Waals surface area contributed by atoms with E-state index in [1.807, 2.05) is 0 Å². The molecule has 0 amide bonds. The van der Waals surface area contributed by atoms with Crippen molar-refractivity contribution in [2.24, 2.45) is 10.8 Å². The molecular formula is C29H45O2P. The van der Waals surface area contributed by atoms with Gasteiger partial charge >= 0.3 is 0 Å². The highest BCUT2D eigenvalue weighted by Gasteiger charge is 2.27. The van der Waals surface area contributed by atoms with Gasteiger partial charge in [-0.25, -0.2) is 0 Å². The molecule has 0 bridgehead atoms. The van der Waals surface area contributed by atoms with Crippen molar-refractivity contribution >= 4 is 9.03 Å². The van der Waals surface area contributed by atoms with Crippen molar-refractivity contribution in [1.82, 2.24) is 0 Å². The zero-order valence-corrected chi connectivity index (χ0v) is 23.5. The summed E-state index contributed by atoms with van der Waals surface area (Å²) in [6, 6.07) is 6.59. The molecular weight excluding hydrogens is 411 g/mol. The van der Waals surface area contributed by atoms with E-state index in [0.29, 0.717) is 0 Å². The van der Waals surface area contributed by atoms with Crippen LogP contribution in [0.3, 0.4) is 0 Å². The summed E-state index contributed by atoms with van der Waals surface area (Å²) in [5.74, 6) is 1.85. The Morgan fingerprint density at radius 3 is 1.81 bits per heavy atom. The van der Waals surface area contributed by atoms with E-state index in [9.17, 15) is 0 Å². The second-order valence-corrected chi connectivity index (χ2v) is 13.6. The predicted octanol–water partition coefficient (Wildman–Crippen LogP) is 9.42. The van der Waals surface area contributed by atoms with Crippen LogP contribution in [0.4, 0.5) is 0 Å². The molecule has 1 aromatic rings. The first-order valence-corrected chi connectivity index (χ1v) is 12.6. The van der Waals surface area contributed by atoms with E-state index in [1.165, 1.54) is 22.3 Å². The van der Waals surface area contributed by atoms with Gasteiger partial charge in [-0.3, -0.25) is 0 Å². The lowest BCUT2D eigenvalue weighted by atomic mass is 9.80. The summed E-state index contributed by atoms with van der Waals surface area (Å²) in [6.45, 7) is 27.0.